The topological polar surface area (TPSA) is 74.5 Å². The highest BCUT2D eigenvalue weighted by atomic mass is 16.3. The van der Waals surface area contributed by atoms with Crippen molar-refractivity contribution in [2.45, 2.75) is 13.5 Å². The van der Waals surface area contributed by atoms with Crippen molar-refractivity contribution in [3.05, 3.63) is 42.1 Å². The van der Waals surface area contributed by atoms with E-state index in [4.69, 9.17) is 4.42 Å². The van der Waals surface area contributed by atoms with Crippen LogP contribution in [0.2, 0.25) is 0 Å². The second kappa shape index (κ2) is 7.23. The summed E-state index contributed by atoms with van der Waals surface area (Å²) in [6.07, 6.45) is 3.22. The van der Waals surface area contributed by atoms with E-state index in [1.807, 2.05) is 6.07 Å². The molecule has 2 aromatic rings. The number of likely N-dealkylation sites (N-methyl/N-ethyl adjacent to an activating group) is 1. The molecule has 7 heteroatoms. The molecule has 0 saturated carbocycles. The van der Waals surface area contributed by atoms with E-state index >= 15 is 0 Å². The van der Waals surface area contributed by atoms with Crippen molar-refractivity contribution in [1.29, 1.82) is 0 Å². The highest BCUT2D eigenvalue weighted by Crippen LogP contribution is 2.11. The normalized spacial score (nSPS) is 15.6. The lowest BCUT2D eigenvalue weighted by Gasteiger charge is -2.34. The number of anilines is 1. The number of furan rings is 1. The van der Waals surface area contributed by atoms with Gasteiger partial charge < -0.3 is 19.5 Å². The Kier molecular flexibility index (Phi) is 4.87. The number of piperazine rings is 1. The van der Waals surface area contributed by atoms with Crippen LogP contribution in [0.25, 0.3) is 0 Å². The van der Waals surface area contributed by atoms with Gasteiger partial charge in [0.05, 0.1) is 12.8 Å². The summed E-state index contributed by atoms with van der Waals surface area (Å²) < 4.78 is 5.20. The molecular formula is C16H21N5O2. The van der Waals surface area contributed by atoms with Gasteiger partial charge in [0.2, 0.25) is 5.95 Å². The van der Waals surface area contributed by atoms with Crippen molar-refractivity contribution in [3.8, 4) is 0 Å². The molecule has 1 amide bonds. The van der Waals surface area contributed by atoms with Crippen molar-refractivity contribution >= 4 is 11.9 Å². The van der Waals surface area contributed by atoms with E-state index in [2.05, 4.69) is 32.0 Å². The van der Waals surface area contributed by atoms with Crippen molar-refractivity contribution in [2.75, 3.05) is 37.6 Å². The van der Waals surface area contributed by atoms with Crippen LogP contribution in [0, 0.1) is 0 Å². The zero-order valence-corrected chi connectivity index (χ0v) is 13.2. The summed E-state index contributed by atoms with van der Waals surface area (Å²) in [5, 5.41) is 2.80. The van der Waals surface area contributed by atoms with E-state index in [9.17, 15) is 4.79 Å². The summed E-state index contributed by atoms with van der Waals surface area (Å²) in [7, 11) is 0. The van der Waals surface area contributed by atoms with Gasteiger partial charge in [0.1, 0.15) is 11.5 Å². The van der Waals surface area contributed by atoms with E-state index in [1.54, 1.807) is 24.6 Å². The fourth-order valence-electron chi connectivity index (χ4n) is 2.56. The van der Waals surface area contributed by atoms with Crippen LogP contribution in [0.5, 0.6) is 0 Å². The highest BCUT2D eigenvalue weighted by Gasteiger charge is 2.19. The maximum Gasteiger partial charge on any atom is 0.270 e. The third-order valence-electron chi connectivity index (χ3n) is 3.98. The largest absolute Gasteiger partial charge is 0.467 e. The Morgan fingerprint density at radius 3 is 2.83 bits per heavy atom. The molecule has 122 valence electrons. The number of nitrogens with one attached hydrogen (secondary N) is 1. The first-order chi connectivity index (χ1) is 11.3. The highest BCUT2D eigenvalue weighted by molar-refractivity contribution is 5.92. The van der Waals surface area contributed by atoms with Crippen LogP contribution in [-0.4, -0.2) is 53.5 Å². The Hall–Kier alpha value is -2.41. The fourth-order valence-corrected chi connectivity index (χ4v) is 2.56. The van der Waals surface area contributed by atoms with Gasteiger partial charge in [0.15, 0.2) is 0 Å². The minimum Gasteiger partial charge on any atom is -0.467 e. The summed E-state index contributed by atoms with van der Waals surface area (Å²) in [4.78, 5) is 25.4. The first-order valence-corrected chi connectivity index (χ1v) is 7.87. The molecule has 0 radical (unpaired) electrons. The molecule has 0 atom stereocenters. The lowest BCUT2D eigenvalue weighted by molar-refractivity contribution is 0.0943. The minimum atomic E-state index is -0.225. The minimum absolute atomic E-state index is 0.225. The second-order valence-corrected chi connectivity index (χ2v) is 5.43. The molecule has 3 rings (SSSR count). The molecule has 1 saturated heterocycles. The Bertz CT molecular complexity index is 636. The molecule has 0 spiro atoms. The van der Waals surface area contributed by atoms with Crippen molar-refractivity contribution in [2.24, 2.45) is 0 Å². The monoisotopic (exact) mass is 315 g/mol. The summed E-state index contributed by atoms with van der Waals surface area (Å²) >= 11 is 0. The molecule has 0 unspecified atom stereocenters. The van der Waals surface area contributed by atoms with E-state index in [0.717, 1.165) is 32.7 Å². The van der Waals surface area contributed by atoms with Crippen LogP contribution in [0.15, 0.2) is 35.1 Å². The van der Waals surface area contributed by atoms with Gasteiger partial charge in [0, 0.05) is 32.4 Å². The van der Waals surface area contributed by atoms with Gasteiger partial charge in [-0.2, -0.15) is 0 Å². The first kappa shape index (κ1) is 15.5. The third kappa shape index (κ3) is 3.87. The summed E-state index contributed by atoms with van der Waals surface area (Å²) in [6.45, 7) is 7.32. The van der Waals surface area contributed by atoms with Gasteiger partial charge in [-0.1, -0.05) is 6.92 Å². The zero-order valence-electron chi connectivity index (χ0n) is 13.2. The lowest BCUT2D eigenvalue weighted by atomic mass is 10.3. The van der Waals surface area contributed by atoms with Crippen molar-refractivity contribution in [1.82, 2.24) is 20.2 Å². The second-order valence-electron chi connectivity index (χ2n) is 5.43. The van der Waals surface area contributed by atoms with E-state index in [0.29, 0.717) is 23.9 Å². The predicted octanol–water partition coefficient (Wildman–Crippen LogP) is 1.14. The quantitative estimate of drug-likeness (QED) is 0.892. The fraction of sp³-hybridized carbons (Fsp3) is 0.438. The third-order valence-corrected chi connectivity index (χ3v) is 3.98. The van der Waals surface area contributed by atoms with Crippen LogP contribution in [-0.2, 0) is 6.54 Å². The Balaban J connectivity index is 1.61. The average molecular weight is 315 g/mol. The maximum atomic E-state index is 12.2. The number of carbonyl (C=O) groups is 1. The van der Waals surface area contributed by atoms with Gasteiger partial charge in [-0.05, 0) is 24.7 Å². The molecule has 1 aliphatic heterocycles. The smallest absolute Gasteiger partial charge is 0.270 e. The Morgan fingerprint density at radius 2 is 2.13 bits per heavy atom. The molecule has 0 bridgehead atoms. The molecule has 23 heavy (non-hydrogen) atoms. The summed E-state index contributed by atoms with van der Waals surface area (Å²) in [5.41, 5.74) is 0.375. The van der Waals surface area contributed by atoms with Crippen LogP contribution >= 0.6 is 0 Å². The van der Waals surface area contributed by atoms with Crippen LogP contribution < -0.4 is 10.2 Å². The van der Waals surface area contributed by atoms with Gasteiger partial charge in [-0.25, -0.2) is 9.97 Å². The molecule has 0 aliphatic carbocycles. The van der Waals surface area contributed by atoms with Gasteiger partial charge in [-0.3, -0.25) is 4.79 Å². The molecular weight excluding hydrogens is 294 g/mol. The molecule has 0 aromatic carbocycles. The Labute approximate surface area is 135 Å². The van der Waals surface area contributed by atoms with Gasteiger partial charge in [0.25, 0.3) is 5.91 Å². The number of amides is 1. The van der Waals surface area contributed by atoms with Crippen LogP contribution in [0.4, 0.5) is 5.95 Å². The molecule has 3 heterocycles. The van der Waals surface area contributed by atoms with Crippen molar-refractivity contribution < 1.29 is 9.21 Å². The number of aromatic nitrogens is 2. The number of rotatable bonds is 5. The van der Waals surface area contributed by atoms with Crippen molar-refractivity contribution in [3.63, 3.8) is 0 Å². The number of carbonyl (C=O) groups excluding carboxylic acids is 1. The maximum absolute atomic E-state index is 12.2. The summed E-state index contributed by atoms with van der Waals surface area (Å²) in [6, 6.07) is 5.24. The van der Waals surface area contributed by atoms with E-state index in [1.165, 1.54) is 0 Å². The predicted molar refractivity (Wildman–Crippen MR) is 86.2 cm³/mol. The number of nitrogens with zero attached hydrogens (tertiary/aromatic N) is 4. The van der Waals surface area contributed by atoms with Gasteiger partial charge in [-0.15, -0.1) is 0 Å². The van der Waals surface area contributed by atoms with Crippen LogP contribution in [0.1, 0.15) is 23.2 Å². The zero-order chi connectivity index (χ0) is 16.1. The molecule has 1 N–H and O–H groups in total. The number of hydrogen-bond donors (Lipinski definition) is 1. The number of hydrogen-bond acceptors (Lipinski definition) is 6. The molecule has 1 aliphatic rings. The van der Waals surface area contributed by atoms with E-state index < -0.39 is 0 Å². The molecule has 2 aromatic heterocycles. The van der Waals surface area contributed by atoms with Crippen LogP contribution in [0.3, 0.4) is 0 Å². The van der Waals surface area contributed by atoms with Gasteiger partial charge >= 0.3 is 0 Å². The first-order valence-electron chi connectivity index (χ1n) is 7.87. The average Bonchev–Trinajstić information content (AvgIpc) is 3.13. The van der Waals surface area contributed by atoms with E-state index in [-0.39, 0.29) is 5.91 Å². The standard InChI is InChI=1S/C16H21N5O2/c1-2-20-7-9-21(10-8-20)16-17-6-5-14(19-16)15(22)18-12-13-4-3-11-23-13/h3-6,11H,2,7-10,12H2,1H3,(H,18,22). The Morgan fingerprint density at radius 1 is 1.30 bits per heavy atom. The summed E-state index contributed by atoms with van der Waals surface area (Å²) in [5.74, 6) is 1.10. The molecule has 7 nitrogen and oxygen atoms in total. The molecule has 1 fully saturated rings. The lowest BCUT2D eigenvalue weighted by Crippen LogP contribution is -2.46. The SMILES string of the molecule is CCN1CCN(c2nccc(C(=O)NCc3ccco3)n2)CC1.